The second-order valence-electron chi connectivity index (χ2n) is 3.62. The second kappa shape index (κ2) is 5.25. The number of hydrogen-bond donors (Lipinski definition) is 1. The summed E-state index contributed by atoms with van der Waals surface area (Å²) in [5.41, 5.74) is 0.995. The number of hydrogen-bond acceptors (Lipinski definition) is 3. The van der Waals surface area contributed by atoms with Crippen molar-refractivity contribution in [2.24, 2.45) is 0 Å². The molecule has 1 aromatic heterocycles. The third-order valence-electron chi connectivity index (χ3n) is 2.62. The molecule has 0 aliphatic heterocycles. The third kappa shape index (κ3) is 2.46. The molecule has 0 saturated heterocycles. The Morgan fingerprint density at radius 3 is 2.76 bits per heavy atom. The van der Waals surface area contributed by atoms with Gasteiger partial charge in [0.05, 0.1) is 19.4 Å². The van der Waals surface area contributed by atoms with Gasteiger partial charge in [-0.25, -0.2) is 0 Å². The monoisotopic (exact) mass is 251 g/mol. The van der Waals surface area contributed by atoms with Crippen LogP contribution in [-0.4, -0.2) is 14.2 Å². The molecule has 1 aromatic carbocycles. The molecule has 1 heterocycles. The van der Waals surface area contributed by atoms with E-state index in [1.807, 2.05) is 31.3 Å². The van der Waals surface area contributed by atoms with Crippen molar-refractivity contribution in [1.82, 2.24) is 5.32 Å². The molecule has 2 aromatic rings. The van der Waals surface area contributed by atoms with Gasteiger partial charge in [0.1, 0.15) is 11.5 Å². The van der Waals surface area contributed by atoms with E-state index in [1.165, 1.54) is 0 Å². The molecule has 0 saturated carbocycles. The largest absolute Gasteiger partial charge is 0.496 e. The quantitative estimate of drug-likeness (QED) is 0.906. The molecule has 3 nitrogen and oxygen atoms in total. The van der Waals surface area contributed by atoms with Crippen molar-refractivity contribution < 1.29 is 9.15 Å². The lowest BCUT2D eigenvalue weighted by atomic mass is 10.0. The molecule has 17 heavy (non-hydrogen) atoms. The van der Waals surface area contributed by atoms with E-state index in [2.05, 4.69) is 5.32 Å². The Bertz CT molecular complexity index is 482. The molecule has 2 rings (SSSR count). The van der Waals surface area contributed by atoms with E-state index in [0.717, 1.165) is 17.1 Å². The number of methoxy groups -OCH3 is 1. The van der Waals surface area contributed by atoms with Crippen LogP contribution in [0.4, 0.5) is 0 Å². The van der Waals surface area contributed by atoms with Crippen LogP contribution in [0.3, 0.4) is 0 Å². The summed E-state index contributed by atoms with van der Waals surface area (Å²) < 4.78 is 10.8. The van der Waals surface area contributed by atoms with E-state index in [-0.39, 0.29) is 6.04 Å². The maximum atomic E-state index is 5.94. The van der Waals surface area contributed by atoms with Crippen LogP contribution in [0.2, 0.25) is 5.02 Å². The Kier molecular flexibility index (Phi) is 3.71. The molecule has 0 aliphatic carbocycles. The zero-order valence-electron chi connectivity index (χ0n) is 9.74. The lowest BCUT2D eigenvalue weighted by Crippen LogP contribution is -2.17. The van der Waals surface area contributed by atoms with Crippen molar-refractivity contribution in [3.05, 3.63) is 52.9 Å². The predicted octanol–water partition coefficient (Wildman–Crippen LogP) is 3.25. The van der Waals surface area contributed by atoms with Gasteiger partial charge in [-0.1, -0.05) is 17.7 Å². The number of nitrogens with one attached hydrogen (secondary N) is 1. The molecular weight excluding hydrogens is 238 g/mol. The molecule has 1 N–H and O–H groups in total. The van der Waals surface area contributed by atoms with Crippen molar-refractivity contribution >= 4 is 11.6 Å². The maximum Gasteiger partial charge on any atom is 0.125 e. The Labute approximate surface area is 105 Å². The minimum atomic E-state index is -0.0442. The summed E-state index contributed by atoms with van der Waals surface area (Å²) >= 11 is 5.94. The van der Waals surface area contributed by atoms with Gasteiger partial charge in [0, 0.05) is 10.6 Å². The van der Waals surface area contributed by atoms with Gasteiger partial charge in [0.15, 0.2) is 0 Å². The normalized spacial score (nSPS) is 12.4. The fourth-order valence-electron chi connectivity index (χ4n) is 1.83. The van der Waals surface area contributed by atoms with Crippen molar-refractivity contribution in [3.8, 4) is 5.75 Å². The van der Waals surface area contributed by atoms with E-state index >= 15 is 0 Å². The molecule has 0 radical (unpaired) electrons. The van der Waals surface area contributed by atoms with Crippen molar-refractivity contribution in [1.29, 1.82) is 0 Å². The smallest absolute Gasteiger partial charge is 0.125 e. The third-order valence-corrected chi connectivity index (χ3v) is 2.86. The summed E-state index contributed by atoms with van der Waals surface area (Å²) in [6.07, 6.45) is 1.65. The van der Waals surface area contributed by atoms with Gasteiger partial charge in [0.2, 0.25) is 0 Å². The van der Waals surface area contributed by atoms with Crippen LogP contribution in [-0.2, 0) is 0 Å². The summed E-state index contributed by atoms with van der Waals surface area (Å²) in [6.45, 7) is 0. The zero-order chi connectivity index (χ0) is 12.3. The molecule has 1 unspecified atom stereocenters. The summed E-state index contributed by atoms with van der Waals surface area (Å²) in [5.74, 6) is 1.58. The van der Waals surface area contributed by atoms with Crippen LogP contribution < -0.4 is 10.1 Å². The fraction of sp³-hybridized carbons (Fsp3) is 0.231. The van der Waals surface area contributed by atoms with Crippen molar-refractivity contribution in [2.45, 2.75) is 6.04 Å². The number of halogens is 1. The van der Waals surface area contributed by atoms with E-state index in [9.17, 15) is 0 Å². The first-order valence-corrected chi connectivity index (χ1v) is 5.68. The highest BCUT2D eigenvalue weighted by atomic mass is 35.5. The number of benzene rings is 1. The van der Waals surface area contributed by atoms with E-state index < -0.39 is 0 Å². The summed E-state index contributed by atoms with van der Waals surface area (Å²) in [5, 5.41) is 3.85. The average Bonchev–Trinajstić information content (AvgIpc) is 2.85. The molecule has 90 valence electrons. The average molecular weight is 252 g/mol. The van der Waals surface area contributed by atoms with Crippen LogP contribution >= 0.6 is 11.6 Å². The second-order valence-corrected chi connectivity index (χ2v) is 4.06. The lowest BCUT2D eigenvalue weighted by molar-refractivity contribution is 0.397. The van der Waals surface area contributed by atoms with Gasteiger partial charge >= 0.3 is 0 Å². The number of furan rings is 1. The number of rotatable bonds is 4. The van der Waals surface area contributed by atoms with Crippen LogP contribution in [0.1, 0.15) is 17.4 Å². The molecule has 0 bridgehead atoms. The lowest BCUT2D eigenvalue weighted by Gasteiger charge is -2.17. The highest BCUT2D eigenvalue weighted by molar-refractivity contribution is 6.30. The van der Waals surface area contributed by atoms with Crippen LogP contribution in [0, 0.1) is 0 Å². The van der Waals surface area contributed by atoms with E-state index in [1.54, 1.807) is 19.4 Å². The maximum absolute atomic E-state index is 5.94. The van der Waals surface area contributed by atoms with Crippen LogP contribution in [0.15, 0.2) is 41.0 Å². The topological polar surface area (TPSA) is 34.4 Å². The molecule has 0 fully saturated rings. The Morgan fingerprint density at radius 1 is 1.35 bits per heavy atom. The molecule has 0 amide bonds. The van der Waals surface area contributed by atoms with Gasteiger partial charge in [0.25, 0.3) is 0 Å². The van der Waals surface area contributed by atoms with Crippen molar-refractivity contribution in [3.63, 3.8) is 0 Å². The Hall–Kier alpha value is -1.45. The minimum Gasteiger partial charge on any atom is -0.496 e. The Morgan fingerprint density at radius 2 is 2.18 bits per heavy atom. The SMILES string of the molecule is CNC(c1ccco1)c1ccc(Cl)cc1OC. The highest BCUT2D eigenvalue weighted by Gasteiger charge is 2.18. The van der Waals surface area contributed by atoms with E-state index in [4.69, 9.17) is 20.8 Å². The standard InChI is InChI=1S/C13H14ClNO2/c1-15-13(11-4-3-7-17-11)10-6-5-9(14)8-12(10)16-2/h3-8,13,15H,1-2H3. The highest BCUT2D eigenvalue weighted by Crippen LogP contribution is 2.32. The van der Waals surface area contributed by atoms with Gasteiger partial charge in [-0.3, -0.25) is 0 Å². The van der Waals surface area contributed by atoms with Gasteiger partial charge < -0.3 is 14.5 Å². The molecular formula is C13H14ClNO2. The number of ether oxygens (including phenoxy) is 1. The Balaban J connectivity index is 2.44. The molecule has 4 heteroatoms. The predicted molar refractivity (Wildman–Crippen MR) is 67.6 cm³/mol. The summed E-state index contributed by atoms with van der Waals surface area (Å²) in [7, 11) is 3.51. The minimum absolute atomic E-state index is 0.0442. The molecule has 0 spiro atoms. The fourth-order valence-corrected chi connectivity index (χ4v) is 1.99. The van der Waals surface area contributed by atoms with E-state index in [0.29, 0.717) is 5.02 Å². The van der Waals surface area contributed by atoms with Crippen LogP contribution in [0.25, 0.3) is 0 Å². The molecule has 0 aliphatic rings. The summed E-state index contributed by atoms with van der Waals surface area (Å²) in [4.78, 5) is 0. The van der Waals surface area contributed by atoms with Gasteiger partial charge in [-0.05, 0) is 31.3 Å². The van der Waals surface area contributed by atoms with Gasteiger partial charge in [-0.2, -0.15) is 0 Å². The molecule has 1 atom stereocenters. The first kappa shape index (κ1) is 12.0. The zero-order valence-corrected chi connectivity index (χ0v) is 10.5. The van der Waals surface area contributed by atoms with Crippen molar-refractivity contribution in [2.75, 3.05) is 14.2 Å². The summed E-state index contributed by atoms with van der Waals surface area (Å²) in [6, 6.07) is 9.32. The van der Waals surface area contributed by atoms with Gasteiger partial charge in [-0.15, -0.1) is 0 Å². The van der Waals surface area contributed by atoms with Crippen LogP contribution in [0.5, 0.6) is 5.75 Å². The first-order valence-electron chi connectivity index (χ1n) is 5.30. The first-order chi connectivity index (χ1) is 8.26.